The summed E-state index contributed by atoms with van der Waals surface area (Å²) in [6.45, 7) is 0.436. The fourth-order valence-corrected chi connectivity index (χ4v) is 4.63. The average Bonchev–Trinajstić information content (AvgIpc) is 3.21. The number of fused-ring (bicyclic) bond motifs is 3. The van der Waals surface area contributed by atoms with Crippen LogP contribution >= 0.6 is 23.2 Å². The van der Waals surface area contributed by atoms with Crippen LogP contribution in [0.5, 0.6) is 11.5 Å². The Hall–Kier alpha value is -3.66. The van der Waals surface area contributed by atoms with Crippen LogP contribution in [-0.4, -0.2) is 29.1 Å². The first-order valence-electron chi connectivity index (χ1n) is 10.7. The Morgan fingerprint density at radius 2 is 1.74 bits per heavy atom. The molecule has 1 atom stereocenters. The predicted molar refractivity (Wildman–Crippen MR) is 131 cm³/mol. The summed E-state index contributed by atoms with van der Waals surface area (Å²) in [5, 5.41) is 11.0. The SMILES string of the molecule is N#CCOc1ccc(C2c3[nH]c4ccc(Cl)cc4c3CCN2C(=O)Oc2ccc(Cl)cc2)cc1. The molecular formula is C26H19Cl2N3O3. The number of aromatic amines is 1. The normalized spacial score (nSPS) is 15.0. The van der Waals surface area contributed by atoms with E-state index >= 15 is 0 Å². The largest absolute Gasteiger partial charge is 0.479 e. The van der Waals surface area contributed by atoms with Gasteiger partial charge in [-0.25, -0.2) is 4.79 Å². The van der Waals surface area contributed by atoms with Crippen LogP contribution in [0.15, 0.2) is 66.7 Å². The number of nitrogens with one attached hydrogen (secondary N) is 1. The van der Waals surface area contributed by atoms with Gasteiger partial charge in [0.15, 0.2) is 6.61 Å². The van der Waals surface area contributed by atoms with E-state index in [4.69, 9.17) is 37.9 Å². The molecule has 4 aromatic rings. The lowest BCUT2D eigenvalue weighted by molar-refractivity contribution is 0.135. The van der Waals surface area contributed by atoms with Crippen LogP contribution in [0.1, 0.15) is 22.9 Å². The second kappa shape index (κ2) is 9.30. The number of hydrogen-bond donors (Lipinski definition) is 1. The molecule has 6 nitrogen and oxygen atoms in total. The Morgan fingerprint density at radius 3 is 2.47 bits per heavy atom. The maximum absolute atomic E-state index is 13.3. The van der Waals surface area contributed by atoms with Crippen LogP contribution in [0.3, 0.4) is 0 Å². The lowest BCUT2D eigenvalue weighted by Crippen LogP contribution is -2.42. The van der Waals surface area contributed by atoms with E-state index in [0.29, 0.717) is 34.5 Å². The molecule has 0 saturated heterocycles. The Bertz CT molecular complexity index is 1390. The summed E-state index contributed by atoms with van der Waals surface area (Å²) in [6.07, 6.45) is 0.199. The Morgan fingerprint density at radius 1 is 1.03 bits per heavy atom. The van der Waals surface area contributed by atoms with Crippen molar-refractivity contribution in [2.75, 3.05) is 13.2 Å². The number of halogens is 2. The zero-order valence-electron chi connectivity index (χ0n) is 17.9. The first-order chi connectivity index (χ1) is 16.5. The molecule has 2 heterocycles. The molecule has 0 aliphatic carbocycles. The molecular weight excluding hydrogens is 473 g/mol. The molecule has 3 aromatic carbocycles. The minimum absolute atomic E-state index is 0.0325. The molecule has 5 rings (SSSR count). The lowest BCUT2D eigenvalue weighted by Gasteiger charge is -2.35. The smallest absolute Gasteiger partial charge is 0.416 e. The molecule has 1 aliphatic heterocycles. The first kappa shape index (κ1) is 22.1. The van der Waals surface area contributed by atoms with E-state index in [9.17, 15) is 4.79 Å². The van der Waals surface area contributed by atoms with Gasteiger partial charge in [0.1, 0.15) is 23.6 Å². The van der Waals surface area contributed by atoms with E-state index in [0.717, 1.165) is 27.7 Å². The van der Waals surface area contributed by atoms with E-state index in [1.165, 1.54) is 0 Å². The minimum atomic E-state index is -0.459. The molecule has 1 amide bonds. The summed E-state index contributed by atoms with van der Waals surface area (Å²) in [7, 11) is 0. The molecule has 8 heteroatoms. The van der Waals surface area contributed by atoms with E-state index in [1.54, 1.807) is 41.3 Å². The highest BCUT2D eigenvalue weighted by molar-refractivity contribution is 6.31. The van der Waals surface area contributed by atoms with Gasteiger partial charge in [0.2, 0.25) is 0 Å². The number of aromatic nitrogens is 1. The van der Waals surface area contributed by atoms with Crippen molar-refractivity contribution in [1.29, 1.82) is 5.26 Å². The molecule has 1 aromatic heterocycles. The Balaban J connectivity index is 1.54. The van der Waals surface area contributed by atoms with Gasteiger partial charge in [-0.2, -0.15) is 5.26 Å². The van der Waals surface area contributed by atoms with Crippen LogP contribution in [0.4, 0.5) is 4.79 Å². The number of nitrogens with zero attached hydrogens (tertiary/aromatic N) is 2. The average molecular weight is 492 g/mol. The van der Waals surface area contributed by atoms with Crippen LogP contribution in [0, 0.1) is 11.3 Å². The van der Waals surface area contributed by atoms with Gasteiger partial charge < -0.3 is 14.5 Å². The summed E-state index contributed by atoms with van der Waals surface area (Å²) >= 11 is 12.2. The van der Waals surface area contributed by atoms with Crippen molar-refractivity contribution in [2.45, 2.75) is 12.5 Å². The van der Waals surface area contributed by atoms with Gasteiger partial charge in [-0.15, -0.1) is 0 Å². The van der Waals surface area contributed by atoms with Crippen LogP contribution in [0.25, 0.3) is 10.9 Å². The molecule has 170 valence electrons. The molecule has 1 unspecified atom stereocenters. The van der Waals surface area contributed by atoms with Crippen molar-refractivity contribution in [2.24, 2.45) is 0 Å². The molecule has 0 spiro atoms. The maximum atomic E-state index is 13.3. The van der Waals surface area contributed by atoms with Crippen LogP contribution in [-0.2, 0) is 6.42 Å². The van der Waals surface area contributed by atoms with Crippen molar-refractivity contribution in [3.05, 3.63) is 93.6 Å². The number of amides is 1. The number of benzene rings is 3. The van der Waals surface area contributed by atoms with Gasteiger partial charge in [0, 0.05) is 33.2 Å². The summed E-state index contributed by atoms with van der Waals surface area (Å²) in [5.74, 6) is 1.00. The van der Waals surface area contributed by atoms with E-state index < -0.39 is 12.1 Å². The topological polar surface area (TPSA) is 78.4 Å². The fourth-order valence-electron chi connectivity index (χ4n) is 4.33. The number of hydrogen-bond acceptors (Lipinski definition) is 4. The van der Waals surface area contributed by atoms with E-state index in [-0.39, 0.29) is 6.61 Å². The minimum Gasteiger partial charge on any atom is -0.479 e. The maximum Gasteiger partial charge on any atom is 0.416 e. The standard InChI is InChI=1S/C26H19Cl2N3O3/c27-17-3-8-20(9-4-17)34-26(32)31-13-11-21-22-15-18(28)5-10-23(22)30-24(21)25(31)16-1-6-19(7-2-16)33-14-12-29/h1-10,15,25,30H,11,13-14H2. The summed E-state index contributed by atoms with van der Waals surface area (Å²) < 4.78 is 11.1. The van der Waals surface area contributed by atoms with Gasteiger partial charge in [-0.05, 0) is 72.1 Å². The molecule has 1 aliphatic rings. The Kier molecular flexibility index (Phi) is 6.06. The zero-order chi connectivity index (χ0) is 23.7. The van der Waals surface area contributed by atoms with Gasteiger partial charge in [-0.3, -0.25) is 4.90 Å². The van der Waals surface area contributed by atoms with Crippen molar-refractivity contribution >= 4 is 40.2 Å². The van der Waals surface area contributed by atoms with Gasteiger partial charge in [0.05, 0.1) is 0 Å². The number of rotatable bonds is 4. The lowest BCUT2D eigenvalue weighted by atomic mass is 9.92. The molecule has 0 fully saturated rings. The molecule has 34 heavy (non-hydrogen) atoms. The summed E-state index contributed by atoms with van der Waals surface area (Å²) in [5.41, 5.74) is 3.89. The van der Waals surface area contributed by atoms with E-state index in [1.807, 2.05) is 36.4 Å². The van der Waals surface area contributed by atoms with Crippen molar-refractivity contribution in [3.8, 4) is 17.6 Å². The predicted octanol–water partition coefficient (Wildman–Crippen LogP) is 6.52. The highest BCUT2D eigenvalue weighted by atomic mass is 35.5. The van der Waals surface area contributed by atoms with Crippen LogP contribution < -0.4 is 9.47 Å². The first-order valence-corrected chi connectivity index (χ1v) is 11.4. The number of carbonyl (C=O) groups excluding carboxylic acids is 1. The third-order valence-electron chi connectivity index (χ3n) is 5.84. The van der Waals surface area contributed by atoms with Gasteiger partial charge >= 0.3 is 6.09 Å². The second-order valence-corrected chi connectivity index (χ2v) is 8.76. The van der Waals surface area contributed by atoms with Crippen molar-refractivity contribution in [1.82, 2.24) is 9.88 Å². The van der Waals surface area contributed by atoms with Gasteiger partial charge in [0.25, 0.3) is 0 Å². The summed E-state index contributed by atoms with van der Waals surface area (Å²) in [4.78, 5) is 18.5. The van der Waals surface area contributed by atoms with Crippen molar-refractivity contribution in [3.63, 3.8) is 0 Å². The zero-order valence-corrected chi connectivity index (χ0v) is 19.4. The number of ether oxygens (including phenoxy) is 2. The van der Waals surface area contributed by atoms with Crippen LogP contribution in [0.2, 0.25) is 10.0 Å². The second-order valence-electron chi connectivity index (χ2n) is 7.89. The summed E-state index contributed by atoms with van der Waals surface area (Å²) in [6, 6.07) is 21.4. The molecule has 0 bridgehead atoms. The van der Waals surface area contributed by atoms with Gasteiger partial charge in [-0.1, -0.05) is 35.3 Å². The third kappa shape index (κ3) is 4.28. The fraction of sp³-hybridized carbons (Fsp3) is 0.154. The monoisotopic (exact) mass is 491 g/mol. The third-order valence-corrected chi connectivity index (χ3v) is 6.33. The molecule has 0 saturated carbocycles. The highest BCUT2D eigenvalue weighted by Gasteiger charge is 2.35. The quantitative estimate of drug-likeness (QED) is 0.352. The number of carbonyl (C=O) groups is 1. The molecule has 1 N–H and O–H groups in total. The number of H-pyrrole nitrogens is 1. The molecule has 0 radical (unpaired) electrons. The number of nitriles is 1. The van der Waals surface area contributed by atoms with E-state index in [2.05, 4.69) is 4.98 Å². The van der Waals surface area contributed by atoms with Crippen molar-refractivity contribution < 1.29 is 14.3 Å². The Labute approximate surface area is 206 Å². The highest BCUT2D eigenvalue weighted by Crippen LogP contribution is 2.40.